The van der Waals surface area contributed by atoms with Crippen LogP contribution in [0.5, 0.6) is 0 Å². The summed E-state index contributed by atoms with van der Waals surface area (Å²) in [4.78, 5) is 27.8. The molecule has 6 rings (SSSR count). The Kier molecular flexibility index (Phi) is 7.42. The van der Waals surface area contributed by atoms with Crippen molar-refractivity contribution >= 4 is 44.4 Å². The second-order valence-electron chi connectivity index (χ2n) is 10.5. The van der Waals surface area contributed by atoms with Crippen molar-refractivity contribution in [2.45, 2.75) is 45.6 Å². The third-order valence-electron chi connectivity index (χ3n) is 7.72. The van der Waals surface area contributed by atoms with Crippen molar-refractivity contribution in [2.24, 2.45) is 0 Å². The van der Waals surface area contributed by atoms with Gasteiger partial charge in [-0.05, 0) is 66.9 Å². The van der Waals surface area contributed by atoms with Crippen molar-refractivity contribution in [3.05, 3.63) is 52.4 Å². The molecule has 0 radical (unpaired) electrons. The van der Waals surface area contributed by atoms with E-state index in [9.17, 15) is 4.79 Å². The number of aromatic nitrogens is 4. The largest absolute Gasteiger partial charge is 0.380 e. The number of aryl methyl sites for hydroxylation is 1. The molecule has 4 aromatic rings. The summed E-state index contributed by atoms with van der Waals surface area (Å²) in [6, 6.07) is 10.6. The lowest BCUT2D eigenvalue weighted by molar-refractivity contribution is -0.118. The summed E-state index contributed by atoms with van der Waals surface area (Å²) in [5.41, 5.74) is 7.58. The smallest absolute Gasteiger partial charge is 0.238 e. The molecule has 10 heteroatoms. The van der Waals surface area contributed by atoms with E-state index in [1.807, 2.05) is 24.4 Å². The van der Waals surface area contributed by atoms with Crippen LogP contribution in [-0.4, -0.2) is 69.2 Å². The zero-order chi connectivity index (χ0) is 26.9. The van der Waals surface area contributed by atoms with Gasteiger partial charge in [-0.3, -0.25) is 9.69 Å². The Morgan fingerprint density at radius 2 is 1.97 bits per heavy atom. The number of carbonyl (C=O) groups is 1. The molecule has 1 saturated carbocycles. The van der Waals surface area contributed by atoms with Gasteiger partial charge in [-0.15, -0.1) is 0 Å². The number of fused-ring (bicyclic) bond motifs is 1. The van der Waals surface area contributed by atoms with Crippen molar-refractivity contribution < 1.29 is 9.53 Å². The van der Waals surface area contributed by atoms with Gasteiger partial charge in [-0.1, -0.05) is 18.9 Å². The van der Waals surface area contributed by atoms with Gasteiger partial charge in [0.1, 0.15) is 11.3 Å². The van der Waals surface area contributed by atoms with E-state index in [1.165, 1.54) is 25.7 Å². The Bertz CT molecular complexity index is 1500. The number of amides is 1. The standard InChI is InChI=1S/C29H34BrN7O2/c1-18-14-23(28-34-27-26(33-20-6-3-4-7-20)24(30)16-31-29(27)35-28)19(2)37(18)22-9-5-8-21(15-22)32-25(38)17-36-10-12-39-13-11-36/h5,8-9,14-16,20H,3-4,6-7,10-13,17H2,1-2H3,(H,32,38)(H2,31,33,34,35). The predicted molar refractivity (Wildman–Crippen MR) is 158 cm³/mol. The lowest BCUT2D eigenvalue weighted by atomic mass is 10.2. The lowest BCUT2D eigenvalue weighted by Crippen LogP contribution is -2.41. The SMILES string of the molecule is Cc1cc(-c2nc3ncc(Br)c(NC4CCCC4)c3[nH]2)c(C)n1-c1cccc(NC(=O)CN2CCOCC2)c1. The molecule has 0 spiro atoms. The Balaban J connectivity index is 1.27. The molecule has 1 aliphatic carbocycles. The average molecular weight is 593 g/mol. The normalized spacial score (nSPS) is 16.7. The van der Waals surface area contributed by atoms with Crippen LogP contribution in [0.4, 0.5) is 11.4 Å². The van der Waals surface area contributed by atoms with Crippen molar-refractivity contribution in [3.63, 3.8) is 0 Å². The second kappa shape index (κ2) is 11.1. The molecule has 204 valence electrons. The first-order valence-corrected chi connectivity index (χ1v) is 14.5. The van der Waals surface area contributed by atoms with Gasteiger partial charge in [0.2, 0.25) is 5.91 Å². The molecular weight excluding hydrogens is 558 g/mol. The zero-order valence-corrected chi connectivity index (χ0v) is 24.0. The number of rotatable bonds is 7. The van der Waals surface area contributed by atoms with E-state index < -0.39 is 0 Å². The number of pyridine rings is 1. The average Bonchev–Trinajstić information content (AvgIpc) is 3.66. The molecule has 3 N–H and O–H groups in total. The van der Waals surface area contributed by atoms with Crippen molar-refractivity contribution in [1.82, 2.24) is 24.4 Å². The number of ether oxygens (including phenoxy) is 1. The number of morpholine rings is 1. The molecule has 1 saturated heterocycles. The number of anilines is 2. The molecule has 9 nitrogen and oxygen atoms in total. The van der Waals surface area contributed by atoms with Crippen LogP contribution in [0.15, 0.2) is 41.0 Å². The first-order chi connectivity index (χ1) is 19.0. The maximum absolute atomic E-state index is 12.7. The van der Waals surface area contributed by atoms with Crippen LogP contribution < -0.4 is 10.6 Å². The number of aromatic amines is 1. The number of benzene rings is 1. The van der Waals surface area contributed by atoms with Crippen LogP contribution in [0.1, 0.15) is 37.1 Å². The van der Waals surface area contributed by atoms with E-state index in [2.05, 4.69) is 72.0 Å². The van der Waals surface area contributed by atoms with E-state index in [0.29, 0.717) is 31.4 Å². The van der Waals surface area contributed by atoms with Gasteiger partial charge in [-0.2, -0.15) is 0 Å². The van der Waals surface area contributed by atoms with Crippen LogP contribution in [0.25, 0.3) is 28.2 Å². The molecule has 2 aliphatic rings. The molecule has 1 amide bonds. The number of H-pyrrole nitrogens is 1. The summed E-state index contributed by atoms with van der Waals surface area (Å²) in [5.74, 6) is 0.776. The zero-order valence-electron chi connectivity index (χ0n) is 22.4. The minimum atomic E-state index is -0.0151. The van der Waals surface area contributed by atoms with Crippen LogP contribution >= 0.6 is 15.9 Å². The molecule has 2 fully saturated rings. The minimum absolute atomic E-state index is 0.0151. The van der Waals surface area contributed by atoms with Gasteiger partial charge in [0.15, 0.2) is 5.65 Å². The van der Waals surface area contributed by atoms with Gasteiger partial charge in [0.05, 0.1) is 29.9 Å². The van der Waals surface area contributed by atoms with Crippen molar-refractivity contribution in [3.8, 4) is 17.1 Å². The highest BCUT2D eigenvalue weighted by atomic mass is 79.9. The van der Waals surface area contributed by atoms with Crippen LogP contribution in [0.3, 0.4) is 0 Å². The number of carbonyl (C=O) groups excluding carboxylic acids is 1. The molecule has 0 unspecified atom stereocenters. The molecule has 39 heavy (non-hydrogen) atoms. The van der Waals surface area contributed by atoms with Gasteiger partial charge < -0.3 is 24.9 Å². The fourth-order valence-electron chi connectivity index (χ4n) is 5.76. The number of nitrogens with one attached hydrogen (secondary N) is 3. The molecule has 4 heterocycles. The third-order valence-corrected chi connectivity index (χ3v) is 8.32. The maximum Gasteiger partial charge on any atom is 0.238 e. The molecule has 0 bridgehead atoms. The Morgan fingerprint density at radius 3 is 2.77 bits per heavy atom. The summed E-state index contributed by atoms with van der Waals surface area (Å²) < 4.78 is 8.52. The van der Waals surface area contributed by atoms with Gasteiger partial charge in [0.25, 0.3) is 0 Å². The van der Waals surface area contributed by atoms with Gasteiger partial charge in [0, 0.05) is 53.7 Å². The van der Waals surface area contributed by atoms with E-state index in [-0.39, 0.29) is 5.91 Å². The Morgan fingerprint density at radius 1 is 1.18 bits per heavy atom. The minimum Gasteiger partial charge on any atom is -0.380 e. The second-order valence-corrected chi connectivity index (χ2v) is 11.4. The highest BCUT2D eigenvalue weighted by Gasteiger charge is 2.21. The number of imidazole rings is 1. The quantitative estimate of drug-likeness (QED) is 0.265. The van der Waals surface area contributed by atoms with E-state index in [4.69, 9.17) is 9.72 Å². The molecule has 0 atom stereocenters. The fraction of sp³-hybridized carbons (Fsp3) is 0.414. The van der Waals surface area contributed by atoms with Crippen molar-refractivity contribution in [2.75, 3.05) is 43.5 Å². The number of hydrogen-bond donors (Lipinski definition) is 3. The monoisotopic (exact) mass is 591 g/mol. The highest BCUT2D eigenvalue weighted by Crippen LogP contribution is 2.35. The van der Waals surface area contributed by atoms with E-state index in [0.717, 1.165) is 62.9 Å². The maximum atomic E-state index is 12.7. The summed E-state index contributed by atoms with van der Waals surface area (Å²) in [7, 11) is 0. The molecule has 1 aliphatic heterocycles. The predicted octanol–water partition coefficient (Wildman–Crippen LogP) is 5.42. The number of hydrogen-bond acceptors (Lipinski definition) is 6. The summed E-state index contributed by atoms with van der Waals surface area (Å²) in [6.45, 7) is 7.47. The van der Waals surface area contributed by atoms with Gasteiger partial charge in [-0.25, -0.2) is 9.97 Å². The summed E-state index contributed by atoms with van der Waals surface area (Å²) in [6.07, 6.45) is 6.73. The first-order valence-electron chi connectivity index (χ1n) is 13.7. The summed E-state index contributed by atoms with van der Waals surface area (Å²) >= 11 is 3.69. The van der Waals surface area contributed by atoms with E-state index >= 15 is 0 Å². The highest BCUT2D eigenvalue weighted by molar-refractivity contribution is 9.10. The Hall–Kier alpha value is -3.21. The van der Waals surface area contributed by atoms with Crippen LogP contribution in [-0.2, 0) is 9.53 Å². The van der Waals surface area contributed by atoms with Crippen LogP contribution in [0.2, 0.25) is 0 Å². The third kappa shape index (κ3) is 5.46. The van der Waals surface area contributed by atoms with Crippen LogP contribution in [0, 0.1) is 13.8 Å². The molecular formula is C29H34BrN7O2. The topological polar surface area (TPSA) is 100 Å². The van der Waals surface area contributed by atoms with E-state index in [1.54, 1.807) is 0 Å². The molecule has 1 aromatic carbocycles. The number of nitrogens with zero attached hydrogens (tertiary/aromatic N) is 4. The molecule has 3 aromatic heterocycles. The first kappa shape index (κ1) is 26.0. The van der Waals surface area contributed by atoms with Gasteiger partial charge >= 0.3 is 0 Å². The lowest BCUT2D eigenvalue weighted by Gasteiger charge is -2.25. The summed E-state index contributed by atoms with van der Waals surface area (Å²) in [5, 5.41) is 6.78. The fourth-order valence-corrected chi connectivity index (χ4v) is 6.18. The Labute approximate surface area is 236 Å². The number of halogens is 1. The van der Waals surface area contributed by atoms with Crippen molar-refractivity contribution in [1.29, 1.82) is 0 Å².